The molecule has 1 N–H and O–H groups in total. The minimum atomic E-state index is -0.575. The maximum absolute atomic E-state index is 13.4. The van der Waals surface area contributed by atoms with Gasteiger partial charge in [0.05, 0.1) is 5.41 Å². The Morgan fingerprint density at radius 1 is 0.966 bits per heavy atom. The van der Waals surface area contributed by atoms with Gasteiger partial charge in [0.1, 0.15) is 18.2 Å². The number of hydrogen-bond acceptors (Lipinski definition) is 6. The Hall–Kier alpha value is -2.93. The third-order valence-corrected chi connectivity index (χ3v) is 6.54. The van der Waals surface area contributed by atoms with Crippen LogP contribution in [-0.4, -0.2) is 29.3 Å². The van der Waals surface area contributed by atoms with Crippen molar-refractivity contribution < 1.29 is 14.3 Å². The Bertz CT molecular complexity index is 1030. The van der Waals surface area contributed by atoms with Crippen molar-refractivity contribution in [2.75, 3.05) is 18.5 Å². The van der Waals surface area contributed by atoms with Crippen LogP contribution in [0.25, 0.3) is 10.6 Å². The lowest BCUT2D eigenvalue weighted by Crippen LogP contribution is -2.38. The molecule has 3 aromatic rings. The zero-order chi connectivity index (χ0) is 19.7. The summed E-state index contributed by atoms with van der Waals surface area (Å²) in [6, 6.07) is 15.7. The lowest BCUT2D eigenvalue weighted by atomic mass is 9.78. The van der Waals surface area contributed by atoms with E-state index in [2.05, 4.69) is 15.5 Å². The molecule has 6 nitrogen and oxygen atoms in total. The van der Waals surface area contributed by atoms with Gasteiger partial charge in [-0.2, -0.15) is 0 Å². The predicted octanol–water partition coefficient (Wildman–Crippen LogP) is 4.43. The fraction of sp³-hybridized carbons (Fsp3) is 0.318. The van der Waals surface area contributed by atoms with Gasteiger partial charge in [-0.1, -0.05) is 60.6 Å². The number of anilines is 1. The molecule has 1 saturated carbocycles. The summed E-state index contributed by atoms with van der Waals surface area (Å²) in [5, 5.41) is 12.8. The van der Waals surface area contributed by atoms with E-state index >= 15 is 0 Å². The fourth-order valence-electron chi connectivity index (χ4n) is 4.15. The van der Waals surface area contributed by atoms with E-state index in [1.54, 1.807) is 0 Å². The van der Waals surface area contributed by atoms with E-state index in [4.69, 9.17) is 9.47 Å². The summed E-state index contributed by atoms with van der Waals surface area (Å²) in [6.45, 7) is 1.08. The van der Waals surface area contributed by atoms with Crippen LogP contribution in [0.4, 0.5) is 5.13 Å². The van der Waals surface area contributed by atoms with Crippen LogP contribution in [0.1, 0.15) is 31.2 Å². The maximum atomic E-state index is 13.4. The number of hydrogen-bond donors (Lipinski definition) is 1. The van der Waals surface area contributed by atoms with E-state index in [9.17, 15) is 4.79 Å². The van der Waals surface area contributed by atoms with Gasteiger partial charge in [-0.3, -0.25) is 10.1 Å². The van der Waals surface area contributed by atoms with Crippen molar-refractivity contribution in [2.24, 2.45) is 0 Å². The second-order valence-corrected chi connectivity index (χ2v) is 8.36. The van der Waals surface area contributed by atoms with Crippen molar-refractivity contribution >= 4 is 22.4 Å². The molecule has 5 rings (SSSR count). The predicted molar refractivity (Wildman–Crippen MR) is 112 cm³/mol. The third kappa shape index (κ3) is 3.35. The van der Waals surface area contributed by atoms with Crippen molar-refractivity contribution in [3.63, 3.8) is 0 Å². The molecule has 1 amide bonds. The minimum Gasteiger partial charge on any atom is -0.486 e. The summed E-state index contributed by atoms with van der Waals surface area (Å²) < 4.78 is 11.4. The van der Waals surface area contributed by atoms with Crippen LogP contribution in [0.15, 0.2) is 48.5 Å². The van der Waals surface area contributed by atoms with E-state index in [-0.39, 0.29) is 5.91 Å². The Balaban J connectivity index is 1.42. The second-order valence-electron chi connectivity index (χ2n) is 7.38. The van der Waals surface area contributed by atoms with Crippen molar-refractivity contribution in [2.45, 2.75) is 31.1 Å². The first-order valence-electron chi connectivity index (χ1n) is 9.85. The minimum absolute atomic E-state index is 0.0255. The van der Waals surface area contributed by atoms with Crippen LogP contribution < -0.4 is 14.8 Å². The van der Waals surface area contributed by atoms with Crippen LogP contribution in [0, 0.1) is 0 Å². The van der Waals surface area contributed by atoms with Gasteiger partial charge in [-0.05, 0) is 30.5 Å². The van der Waals surface area contributed by atoms with E-state index in [0.29, 0.717) is 18.3 Å². The molecular formula is C22H21N3O3S. The Morgan fingerprint density at radius 2 is 1.72 bits per heavy atom. The number of benzene rings is 2. The van der Waals surface area contributed by atoms with E-state index in [0.717, 1.165) is 53.3 Å². The monoisotopic (exact) mass is 407 g/mol. The van der Waals surface area contributed by atoms with E-state index < -0.39 is 5.41 Å². The molecular weight excluding hydrogens is 386 g/mol. The lowest BCUT2D eigenvalue weighted by Gasteiger charge is -2.29. The highest BCUT2D eigenvalue weighted by atomic mass is 32.1. The molecule has 0 saturated heterocycles. The number of carbonyl (C=O) groups excluding carboxylic acids is 1. The molecule has 7 heteroatoms. The third-order valence-electron chi connectivity index (χ3n) is 5.65. The highest BCUT2D eigenvalue weighted by Gasteiger charge is 2.43. The Morgan fingerprint density at radius 3 is 2.52 bits per heavy atom. The molecule has 1 aliphatic heterocycles. The van der Waals surface area contributed by atoms with Gasteiger partial charge < -0.3 is 9.47 Å². The number of nitrogens with zero attached hydrogens (tertiary/aromatic N) is 2. The SMILES string of the molecule is O=C(Nc1nnc(-c2ccccc2)s1)C1(c2ccc3c(c2)OCCO3)CCCC1. The highest BCUT2D eigenvalue weighted by Crippen LogP contribution is 2.45. The van der Waals surface area contributed by atoms with Crippen molar-refractivity contribution in [1.29, 1.82) is 0 Å². The van der Waals surface area contributed by atoms with Gasteiger partial charge in [-0.15, -0.1) is 10.2 Å². The van der Waals surface area contributed by atoms with Gasteiger partial charge in [0, 0.05) is 5.56 Å². The fourth-order valence-corrected chi connectivity index (χ4v) is 4.90. The van der Waals surface area contributed by atoms with Crippen LogP contribution in [0.2, 0.25) is 0 Å². The van der Waals surface area contributed by atoms with Crippen molar-refractivity contribution in [3.05, 3.63) is 54.1 Å². The standard InChI is InChI=1S/C22H21N3O3S/c26-20(23-21-25-24-19(29-21)15-6-2-1-3-7-15)22(10-4-5-11-22)16-8-9-17-18(14-16)28-13-12-27-17/h1-3,6-9,14H,4-5,10-13H2,(H,23,25,26). The molecule has 2 heterocycles. The van der Waals surface area contributed by atoms with Crippen LogP contribution in [0.5, 0.6) is 11.5 Å². The molecule has 29 heavy (non-hydrogen) atoms. The zero-order valence-corrected chi connectivity index (χ0v) is 16.7. The number of nitrogens with one attached hydrogen (secondary N) is 1. The molecule has 1 aliphatic carbocycles. The maximum Gasteiger partial charge on any atom is 0.236 e. The molecule has 0 radical (unpaired) electrons. The number of aromatic nitrogens is 2. The summed E-state index contributed by atoms with van der Waals surface area (Å²) >= 11 is 1.39. The molecule has 2 aliphatic rings. The molecule has 1 aromatic heterocycles. The normalized spacial score (nSPS) is 17.1. The van der Waals surface area contributed by atoms with Crippen molar-refractivity contribution in [3.8, 4) is 22.1 Å². The molecule has 2 aromatic carbocycles. The number of amides is 1. The first kappa shape index (κ1) is 18.1. The first-order chi connectivity index (χ1) is 14.2. The molecule has 0 atom stereocenters. The van der Waals surface area contributed by atoms with Gasteiger partial charge in [0.25, 0.3) is 0 Å². The van der Waals surface area contributed by atoms with Crippen LogP contribution in [0.3, 0.4) is 0 Å². The number of rotatable bonds is 4. The summed E-state index contributed by atoms with van der Waals surface area (Å²) in [6.07, 6.45) is 3.66. The van der Waals surface area contributed by atoms with Crippen LogP contribution in [-0.2, 0) is 10.2 Å². The van der Waals surface area contributed by atoms with E-state index in [1.165, 1.54) is 11.3 Å². The second kappa shape index (κ2) is 7.48. The molecule has 0 spiro atoms. The smallest absolute Gasteiger partial charge is 0.236 e. The van der Waals surface area contributed by atoms with Gasteiger partial charge in [-0.25, -0.2) is 0 Å². The lowest BCUT2D eigenvalue weighted by molar-refractivity contribution is -0.121. The summed E-state index contributed by atoms with van der Waals surface area (Å²) in [4.78, 5) is 13.4. The Kier molecular flexibility index (Phi) is 4.67. The summed E-state index contributed by atoms with van der Waals surface area (Å²) in [5.41, 5.74) is 1.39. The average molecular weight is 407 g/mol. The summed E-state index contributed by atoms with van der Waals surface area (Å²) in [7, 11) is 0. The Labute approximate surface area is 172 Å². The molecule has 1 fully saturated rings. The average Bonchev–Trinajstić information content (AvgIpc) is 3.45. The van der Waals surface area contributed by atoms with Gasteiger partial charge in [0.2, 0.25) is 11.0 Å². The first-order valence-corrected chi connectivity index (χ1v) is 10.7. The number of ether oxygens (including phenoxy) is 2. The summed E-state index contributed by atoms with van der Waals surface area (Å²) in [5.74, 6) is 1.43. The number of fused-ring (bicyclic) bond motifs is 1. The molecule has 148 valence electrons. The van der Waals surface area contributed by atoms with E-state index in [1.807, 2.05) is 48.5 Å². The number of carbonyl (C=O) groups is 1. The van der Waals surface area contributed by atoms with Crippen molar-refractivity contribution in [1.82, 2.24) is 10.2 Å². The van der Waals surface area contributed by atoms with Crippen LogP contribution >= 0.6 is 11.3 Å². The topological polar surface area (TPSA) is 73.3 Å². The molecule has 0 unspecified atom stereocenters. The quantitative estimate of drug-likeness (QED) is 0.693. The zero-order valence-electron chi connectivity index (χ0n) is 15.9. The molecule has 0 bridgehead atoms. The van der Waals surface area contributed by atoms with Gasteiger partial charge in [0.15, 0.2) is 11.5 Å². The highest BCUT2D eigenvalue weighted by molar-refractivity contribution is 7.18. The largest absolute Gasteiger partial charge is 0.486 e. The van der Waals surface area contributed by atoms with Gasteiger partial charge >= 0.3 is 0 Å².